The van der Waals surface area contributed by atoms with Crippen molar-refractivity contribution in [2.45, 2.75) is 26.4 Å². The van der Waals surface area contributed by atoms with Gasteiger partial charge in [0.25, 0.3) is 0 Å². The van der Waals surface area contributed by atoms with Gasteiger partial charge in [0.2, 0.25) is 0 Å². The van der Waals surface area contributed by atoms with Crippen molar-refractivity contribution in [3.05, 3.63) is 46.5 Å². The summed E-state index contributed by atoms with van der Waals surface area (Å²) in [5, 5.41) is 0. The molecule has 0 atom stereocenters. The van der Waals surface area contributed by atoms with Crippen molar-refractivity contribution in [2.75, 3.05) is 33.5 Å². The van der Waals surface area contributed by atoms with Gasteiger partial charge in [0.05, 0.1) is 26.9 Å². The second-order valence-electron chi connectivity index (χ2n) is 6.04. The van der Waals surface area contributed by atoms with E-state index in [-0.39, 0.29) is 5.97 Å². The van der Waals surface area contributed by atoms with Crippen LogP contribution in [0.4, 0.5) is 0 Å². The maximum absolute atomic E-state index is 11.9. The lowest BCUT2D eigenvalue weighted by atomic mass is 9.87. The van der Waals surface area contributed by atoms with Crippen LogP contribution in [0.1, 0.15) is 30.9 Å². The lowest BCUT2D eigenvalue weighted by molar-refractivity contribution is -0.136. The van der Waals surface area contributed by atoms with Gasteiger partial charge >= 0.3 is 5.97 Å². The highest BCUT2D eigenvalue weighted by molar-refractivity contribution is 5.94. The molecule has 0 spiro atoms. The number of methoxy groups -OCH3 is 1. The molecule has 1 aromatic rings. The number of esters is 1. The number of rotatable bonds is 6. The summed E-state index contributed by atoms with van der Waals surface area (Å²) in [7, 11) is 1.42. The topological polar surface area (TPSA) is 54.0 Å². The number of hydrogen-bond donors (Lipinski definition) is 0. The lowest BCUT2D eigenvalue weighted by Crippen LogP contribution is -2.10. The van der Waals surface area contributed by atoms with E-state index in [0.717, 1.165) is 28.9 Å². The lowest BCUT2D eigenvalue weighted by Gasteiger charge is -2.18. The van der Waals surface area contributed by atoms with Gasteiger partial charge in [-0.3, -0.25) is 0 Å². The smallest absolute Gasteiger partial charge is 0.333 e. The van der Waals surface area contributed by atoms with Crippen LogP contribution in [0, 0.1) is 0 Å². The molecule has 0 saturated heterocycles. The van der Waals surface area contributed by atoms with Crippen LogP contribution in [0.3, 0.4) is 0 Å². The van der Waals surface area contributed by atoms with Gasteiger partial charge in [-0.15, -0.1) is 0 Å². The number of fused-ring (bicyclic) bond motifs is 2. The van der Waals surface area contributed by atoms with Crippen molar-refractivity contribution in [1.82, 2.24) is 0 Å². The molecule has 25 heavy (non-hydrogen) atoms. The largest absolute Gasteiger partial charge is 0.491 e. The Labute approximate surface area is 148 Å². The SMILES string of the molecule is CCOCCOc1ccc2c(c1)COCC1=C2C=C(C(=O)OC)CC1. The van der Waals surface area contributed by atoms with E-state index in [2.05, 4.69) is 0 Å². The van der Waals surface area contributed by atoms with Gasteiger partial charge in [-0.05, 0) is 60.2 Å². The predicted octanol–water partition coefficient (Wildman–Crippen LogP) is 3.28. The Bertz CT molecular complexity index is 702. The van der Waals surface area contributed by atoms with E-state index in [0.29, 0.717) is 45.0 Å². The molecule has 0 unspecified atom stereocenters. The average Bonchev–Trinajstić information content (AvgIpc) is 2.83. The first-order valence-electron chi connectivity index (χ1n) is 8.65. The predicted molar refractivity (Wildman–Crippen MR) is 94.3 cm³/mol. The molecule has 5 nitrogen and oxygen atoms in total. The molecule has 3 rings (SSSR count). The maximum atomic E-state index is 11.9. The van der Waals surface area contributed by atoms with Crippen molar-refractivity contribution in [1.29, 1.82) is 0 Å². The monoisotopic (exact) mass is 344 g/mol. The number of allylic oxidation sites excluding steroid dienone is 2. The third-order valence-corrected chi connectivity index (χ3v) is 4.44. The van der Waals surface area contributed by atoms with Crippen molar-refractivity contribution < 1.29 is 23.7 Å². The first kappa shape index (κ1) is 17.7. The molecule has 0 aromatic heterocycles. The summed E-state index contributed by atoms with van der Waals surface area (Å²) in [6, 6.07) is 6.02. The minimum atomic E-state index is -0.255. The van der Waals surface area contributed by atoms with Crippen LogP contribution in [0.25, 0.3) is 5.57 Å². The van der Waals surface area contributed by atoms with Crippen LogP contribution < -0.4 is 4.74 Å². The molecule has 0 amide bonds. The molecule has 0 fully saturated rings. The van der Waals surface area contributed by atoms with Gasteiger partial charge in [-0.1, -0.05) is 6.07 Å². The normalized spacial score (nSPS) is 16.5. The molecule has 0 bridgehead atoms. The number of hydrogen-bond acceptors (Lipinski definition) is 5. The third-order valence-electron chi connectivity index (χ3n) is 4.44. The molecule has 5 heteroatoms. The van der Waals surface area contributed by atoms with Gasteiger partial charge in [0.15, 0.2) is 0 Å². The zero-order valence-electron chi connectivity index (χ0n) is 14.8. The maximum Gasteiger partial charge on any atom is 0.333 e. The van der Waals surface area contributed by atoms with Crippen LogP contribution in [0.5, 0.6) is 5.75 Å². The van der Waals surface area contributed by atoms with Crippen molar-refractivity contribution in [3.8, 4) is 5.75 Å². The van der Waals surface area contributed by atoms with Crippen LogP contribution in [-0.4, -0.2) is 39.5 Å². The summed E-state index contributed by atoms with van der Waals surface area (Å²) in [6.45, 7) is 4.87. The summed E-state index contributed by atoms with van der Waals surface area (Å²) in [6.07, 6.45) is 3.47. The zero-order valence-corrected chi connectivity index (χ0v) is 14.8. The van der Waals surface area contributed by atoms with E-state index in [4.69, 9.17) is 18.9 Å². The number of ether oxygens (including phenoxy) is 4. The fourth-order valence-corrected chi connectivity index (χ4v) is 3.17. The highest BCUT2D eigenvalue weighted by Gasteiger charge is 2.23. The summed E-state index contributed by atoms with van der Waals surface area (Å²) >= 11 is 0. The quantitative estimate of drug-likeness (QED) is 0.585. The second-order valence-corrected chi connectivity index (χ2v) is 6.04. The highest BCUT2D eigenvalue weighted by atomic mass is 16.5. The van der Waals surface area contributed by atoms with Gasteiger partial charge < -0.3 is 18.9 Å². The van der Waals surface area contributed by atoms with E-state index < -0.39 is 0 Å². The van der Waals surface area contributed by atoms with Crippen molar-refractivity contribution >= 4 is 11.5 Å². The Hall–Kier alpha value is -2.11. The average molecular weight is 344 g/mol. The Morgan fingerprint density at radius 3 is 2.88 bits per heavy atom. The molecule has 1 heterocycles. The minimum absolute atomic E-state index is 0.255. The molecule has 0 radical (unpaired) electrons. The van der Waals surface area contributed by atoms with E-state index in [9.17, 15) is 4.79 Å². The Balaban J connectivity index is 1.84. The number of carbonyl (C=O) groups excluding carboxylic acids is 1. The van der Waals surface area contributed by atoms with E-state index >= 15 is 0 Å². The number of benzene rings is 1. The third kappa shape index (κ3) is 4.11. The summed E-state index contributed by atoms with van der Waals surface area (Å²) in [4.78, 5) is 11.9. The summed E-state index contributed by atoms with van der Waals surface area (Å²) in [5.74, 6) is 0.549. The molecular weight excluding hydrogens is 320 g/mol. The van der Waals surface area contributed by atoms with Crippen LogP contribution in [-0.2, 0) is 25.6 Å². The zero-order chi connectivity index (χ0) is 17.6. The second kappa shape index (κ2) is 8.32. The first-order chi connectivity index (χ1) is 12.2. The molecule has 1 aliphatic carbocycles. The first-order valence-corrected chi connectivity index (χ1v) is 8.65. The molecule has 134 valence electrons. The fourth-order valence-electron chi connectivity index (χ4n) is 3.17. The fraction of sp³-hybridized carbons (Fsp3) is 0.450. The number of carbonyl (C=O) groups is 1. The van der Waals surface area contributed by atoms with E-state index in [1.807, 2.05) is 31.2 Å². The molecule has 1 aromatic carbocycles. The Kier molecular flexibility index (Phi) is 5.89. The van der Waals surface area contributed by atoms with Gasteiger partial charge in [-0.25, -0.2) is 4.79 Å². The Morgan fingerprint density at radius 2 is 2.08 bits per heavy atom. The van der Waals surface area contributed by atoms with Crippen LogP contribution in [0.2, 0.25) is 0 Å². The van der Waals surface area contributed by atoms with Crippen LogP contribution in [0.15, 0.2) is 35.4 Å². The van der Waals surface area contributed by atoms with Gasteiger partial charge in [0, 0.05) is 12.2 Å². The standard InChI is InChI=1S/C20H24O5/c1-3-23-8-9-25-17-6-7-18-16(10-17)13-24-12-15-5-4-14(11-19(15)18)20(21)22-2/h6-7,10-11H,3-5,8-9,12-13H2,1-2H3. The van der Waals surface area contributed by atoms with Gasteiger partial charge in [-0.2, -0.15) is 0 Å². The molecule has 2 aliphatic rings. The molecule has 0 saturated carbocycles. The summed E-state index contributed by atoms with van der Waals surface area (Å²) < 4.78 is 21.7. The molecule has 0 N–H and O–H groups in total. The van der Waals surface area contributed by atoms with Crippen LogP contribution >= 0.6 is 0 Å². The summed E-state index contributed by atoms with van der Waals surface area (Å²) in [5.41, 5.74) is 5.20. The molecular formula is C20H24O5. The minimum Gasteiger partial charge on any atom is -0.491 e. The van der Waals surface area contributed by atoms with Crippen molar-refractivity contribution in [3.63, 3.8) is 0 Å². The van der Waals surface area contributed by atoms with E-state index in [1.54, 1.807) is 0 Å². The van der Waals surface area contributed by atoms with Gasteiger partial charge in [0.1, 0.15) is 12.4 Å². The Morgan fingerprint density at radius 1 is 1.20 bits per heavy atom. The molecule has 1 aliphatic heterocycles. The highest BCUT2D eigenvalue weighted by Crippen LogP contribution is 2.36. The van der Waals surface area contributed by atoms with E-state index in [1.165, 1.54) is 12.7 Å². The van der Waals surface area contributed by atoms with Crippen molar-refractivity contribution in [2.24, 2.45) is 0 Å².